The summed E-state index contributed by atoms with van der Waals surface area (Å²) in [5.74, 6) is 0.945. The number of carbonyl (C=O) groups is 1. The van der Waals surface area contributed by atoms with Crippen molar-refractivity contribution in [3.63, 3.8) is 0 Å². The van der Waals surface area contributed by atoms with Crippen molar-refractivity contribution >= 4 is 51.8 Å². The number of para-hydroxylation sites is 1. The first-order chi connectivity index (χ1) is 14.1. The summed E-state index contributed by atoms with van der Waals surface area (Å²) in [6, 6.07) is 13.5. The molecule has 1 aliphatic heterocycles. The summed E-state index contributed by atoms with van der Waals surface area (Å²) in [5.41, 5.74) is 2.60. The Hall–Kier alpha value is -2.31. The zero-order valence-corrected chi connectivity index (χ0v) is 17.9. The highest BCUT2D eigenvalue weighted by Crippen LogP contribution is 2.29. The third-order valence-electron chi connectivity index (χ3n) is 4.99. The Morgan fingerprint density at radius 1 is 1.14 bits per heavy atom. The Bertz CT molecular complexity index is 1040. The van der Waals surface area contributed by atoms with Crippen molar-refractivity contribution in [3.8, 4) is 0 Å². The third kappa shape index (κ3) is 4.82. The Balaban J connectivity index is 1.51. The molecular weight excluding hydrogens is 404 g/mol. The van der Waals surface area contributed by atoms with Crippen molar-refractivity contribution in [2.24, 2.45) is 0 Å². The number of piperidine rings is 1. The van der Waals surface area contributed by atoms with Gasteiger partial charge < -0.3 is 10.2 Å². The lowest BCUT2D eigenvalue weighted by Crippen LogP contribution is -2.31. The number of hydrogen-bond acceptors (Lipinski definition) is 5. The fourth-order valence-electron chi connectivity index (χ4n) is 3.38. The quantitative estimate of drug-likeness (QED) is 0.442. The van der Waals surface area contributed by atoms with E-state index in [1.165, 1.54) is 31.0 Å². The topological polar surface area (TPSA) is 58.1 Å². The van der Waals surface area contributed by atoms with Gasteiger partial charge in [0.2, 0.25) is 11.9 Å². The Labute approximate surface area is 179 Å². The lowest BCUT2D eigenvalue weighted by atomic mass is 10.1. The van der Waals surface area contributed by atoms with Crippen LogP contribution in [0, 0.1) is 6.92 Å². The van der Waals surface area contributed by atoms with Crippen LogP contribution in [0.4, 0.5) is 11.6 Å². The van der Waals surface area contributed by atoms with Crippen LogP contribution < -0.4 is 10.2 Å². The number of amides is 1. The van der Waals surface area contributed by atoms with Gasteiger partial charge >= 0.3 is 0 Å². The molecule has 1 fully saturated rings. The van der Waals surface area contributed by atoms with Crippen LogP contribution in [-0.2, 0) is 4.79 Å². The SMILES string of the molecule is Cc1ccc(NC(=O)CSc2nc(N3CCCCC3)nc3ccccc23)cc1Cl. The van der Waals surface area contributed by atoms with Crippen molar-refractivity contribution in [3.05, 3.63) is 53.1 Å². The summed E-state index contributed by atoms with van der Waals surface area (Å²) >= 11 is 7.59. The Morgan fingerprint density at radius 3 is 2.72 bits per heavy atom. The summed E-state index contributed by atoms with van der Waals surface area (Å²) in [5, 5.41) is 5.37. The summed E-state index contributed by atoms with van der Waals surface area (Å²) < 4.78 is 0. The maximum Gasteiger partial charge on any atom is 0.234 e. The molecule has 150 valence electrons. The van der Waals surface area contributed by atoms with Gasteiger partial charge in [-0.05, 0) is 49.9 Å². The number of carbonyl (C=O) groups excluding carboxylic acids is 1. The van der Waals surface area contributed by atoms with Crippen LogP contribution in [0.1, 0.15) is 24.8 Å². The number of nitrogens with zero attached hydrogens (tertiary/aromatic N) is 3. The van der Waals surface area contributed by atoms with Crippen LogP contribution in [0.2, 0.25) is 5.02 Å². The van der Waals surface area contributed by atoms with Crippen LogP contribution >= 0.6 is 23.4 Å². The summed E-state index contributed by atoms with van der Waals surface area (Å²) in [6.07, 6.45) is 3.59. The standard InChI is InChI=1S/C22H23ClN4OS/c1-15-9-10-16(13-18(15)23)24-20(28)14-29-21-17-7-3-4-8-19(17)25-22(26-21)27-11-5-2-6-12-27/h3-4,7-10,13H,2,5-6,11-12,14H2,1H3,(H,24,28). The minimum Gasteiger partial charge on any atom is -0.341 e. The van der Waals surface area contributed by atoms with Crippen molar-refractivity contribution in [2.75, 3.05) is 29.1 Å². The first-order valence-electron chi connectivity index (χ1n) is 9.81. The first kappa shape index (κ1) is 20.0. The molecule has 1 saturated heterocycles. The fourth-order valence-corrected chi connectivity index (χ4v) is 4.38. The third-order valence-corrected chi connectivity index (χ3v) is 6.39. The number of aromatic nitrogens is 2. The van der Waals surface area contributed by atoms with Crippen LogP contribution in [0.3, 0.4) is 0 Å². The molecule has 0 bridgehead atoms. The second-order valence-corrected chi connectivity index (χ2v) is 8.57. The smallest absolute Gasteiger partial charge is 0.234 e. The van der Waals surface area contributed by atoms with Crippen LogP contribution in [0.15, 0.2) is 47.5 Å². The predicted octanol–water partition coefficient (Wildman–Crippen LogP) is 5.31. The molecule has 29 heavy (non-hydrogen) atoms. The number of anilines is 2. The number of nitrogens with one attached hydrogen (secondary N) is 1. The monoisotopic (exact) mass is 426 g/mol. The number of halogens is 1. The van der Waals surface area contributed by atoms with Gasteiger partial charge in [0.25, 0.3) is 0 Å². The second kappa shape index (κ2) is 9.01. The maximum atomic E-state index is 12.5. The van der Waals surface area contributed by atoms with Gasteiger partial charge in [-0.3, -0.25) is 4.79 Å². The molecule has 2 aromatic carbocycles. The molecule has 3 aromatic rings. The van der Waals surface area contributed by atoms with E-state index in [0.29, 0.717) is 10.7 Å². The van der Waals surface area contributed by atoms with E-state index in [9.17, 15) is 4.79 Å². The first-order valence-corrected chi connectivity index (χ1v) is 11.2. The lowest BCUT2D eigenvalue weighted by Gasteiger charge is -2.27. The van der Waals surface area contributed by atoms with E-state index in [2.05, 4.69) is 10.2 Å². The lowest BCUT2D eigenvalue weighted by molar-refractivity contribution is -0.113. The predicted molar refractivity (Wildman–Crippen MR) is 121 cm³/mol. The molecular formula is C22H23ClN4OS. The average Bonchev–Trinajstić information content (AvgIpc) is 2.75. The number of aryl methyl sites for hydroxylation is 1. The van der Waals surface area contributed by atoms with E-state index >= 15 is 0 Å². The largest absolute Gasteiger partial charge is 0.341 e. The minimum absolute atomic E-state index is 0.0860. The molecule has 0 saturated carbocycles. The molecule has 2 heterocycles. The van der Waals surface area contributed by atoms with Crippen molar-refractivity contribution < 1.29 is 4.79 Å². The number of fused-ring (bicyclic) bond motifs is 1. The van der Waals surface area contributed by atoms with Gasteiger partial charge in [0.15, 0.2) is 0 Å². The van der Waals surface area contributed by atoms with Gasteiger partial charge in [0.1, 0.15) is 5.03 Å². The molecule has 7 heteroatoms. The van der Waals surface area contributed by atoms with E-state index in [1.807, 2.05) is 43.3 Å². The molecule has 1 N–H and O–H groups in total. The molecule has 5 nitrogen and oxygen atoms in total. The van der Waals surface area contributed by atoms with E-state index < -0.39 is 0 Å². The van der Waals surface area contributed by atoms with Gasteiger partial charge in [-0.15, -0.1) is 0 Å². The highest BCUT2D eigenvalue weighted by Gasteiger charge is 2.17. The average molecular weight is 427 g/mol. The molecule has 4 rings (SSSR count). The zero-order valence-electron chi connectivity index (χ0n) is 16.3. The highest BCUT2D eigenvalue weighted by molar-refractivity contribution is 8.00. The number of benzene rings is 2. The molecule has 0 radical (unpaired) electrons. The zero-order chi connectivity index (χ0) is 20.2. The van der Waals surface area contributed by atoms with Crippen molar-refractivity contribution in [1.29, 1.82) is 0 Å². The Morgan fingerprint density at radius 2 is 1.93 bits per heavy atom. The summed E-state index contributed by atoms with van der Waals surface area (Å²) in [6.45, 7) is 3.90. The molecule has 1 aliphatic rings. The maximum absolute atomic E-state index is 12.5. The van der Waals surface area contributed by atoms with Gasteiger partial charge in [-0.2, -0.15) is 0 Å². The number of hydrogen-bond donors (Lipinski definition) is 1. The molecule has 1 aromatic heterocycles. The van der Waals surface area contributed by atoms with E-state index in [0.717, 1.165) is 40.5 Å². The molecule has 0 spiro atoms. The van der Waals surface area contributed by atoms with Crippen molar-refractivity contribution in [1.82, 2.24) is 9.97 Å². The van der Waals surface area contributed by atoms with Crippen LogP contribution in [-0.4, -0.2) is 34.7 Å². The van der Waals surface area contributed by atoms with Gasteiger partial charge in [0, 0.05) is 29.2 Å². The molecule has 0 unspecified atom stereocenters. The minimum atomic E-state index is -0.0860. The van der Waals surface area contributed by atoms with Gasteiger partial charge in [-0.1, -0.05) is 47.6 Å². The Kier molecular flexibility index (Phi) is 6.21. The summed E-state index contributed by atoms with van der Waals surface area (Å²) in [4.78, 5) is 24.3. The highest BCUT2D eigenvalue weighted by atomic mass is 35.5. The summed E-state index contributed by atoms with van der Waals surface area (Å²) in [7, 11) is 0. The number of thioether (sulfide) groups is 1. The van der Waals surface area contributed by atoms with Crippen LogP contribution in [0.5, 0.6) is 0 Å². The van der Waals surface area contributed by atoms with Gasteiger partial charge in [0.05, 0.1) is 11.3 Å². The molecule has 0 aliphatic carbocycles. The normalized spacial score (nSPS) is 14.2. The van der Waals surface area contributed by atoms with E-state index in [4.69, 9.17) is 21.6 Å². The van der Waals surface area contributed by atoms with E-state index in [-0.39, 0.29) is 11.7 Å². The van der Waals surface area contributed by atoms with E-state index in [1.54, 1.807) is 6.07 Å². The second-order valence-electron chi connectivity index (χ2n) is 7.19. The van der Waals surface area contributed by atoms with Crippen molar-refractivity contribution in [2.45, 2.75) is 31.2 Å². The molecule has 1 amide bonds. The van der Waals surface area contributed by atoms with Gasteiger partial charge in [-0.25, -0.2) is 9.97 Å². The van der Waals surface area contributed by atoms with Crippen LogP contribution in [0.25, 0.3) is 10.9 Å². The number of rotatable bonds is 5. The molecule has 0 atom stereocenters. The fraction of sp³-hybridized carbons (Fsp3) is 0.318.